The average molecular weight is 354 g/mol. The van der Waals surface area contributed by atoms with Gasteiger partial charge in [0, 0.05) is 13.7 Å². The Kier molecular flexibility index (Phi) is 5.23. The summed E-state index contributed by atoms with van der Waals surface area (Å²) in [5.41, 5.74) is 3.98. The van der Waals surface area contributed by atoms with E-state index in [1.807, 2.05) is 30.5 Å². The van der Waals surface area contributed by atoms with Crippen LogP contribution in [0.15, 0.2) is 36.4 Å². The van der Waals surface area contributed by atoms with E-state index in [4.69, 9.17) is 9.47 Å². The fourth-order valence-corrected chi connectivity index (χ4v) is 2.96. The van der Waals surface area contributed by atoms with Crippen LogP contribution >= 0.6 is 0 Å². The van der Waals surface area contributed by atoms with Crippen molar-refractivity contribution >= 4 is 17.0 Å². The molecule has 0 aliphatic carbocycles. The maximum atomic E-state index is 11.2. The van der Waals surface area contributed by atoms with E-state index in [-0.39, 0.29) is 5.56 Å². The molecule has 3 rings (SSSR count). The predicted octanol–water partition coefficient (Wildman–Crippen LogP) is 3.58. The van der Waals surface area contributed by atoms with E-state index in [9.17, 15) is 9.90 Å². The number of aromatic nitrogens is 2. The SMILES string of the molecule is COCCn1c(COc2ccc(C)cc2C)nc2cc(C(=O)O)ccc21. The van der Waals surface area contributed by atoms with Crippen LogP contribution in [0, 0.1) is 13.8 Å². The van der Waals surface area contributed by atoms with Gasteiger partial charge >= 0.3 is 5.97 Å². The topological polar surface area (TPSA) is 73.6 Å². The number of hydrogen-bond donors (Lipinski definition) is 1. The van der Waals surface area contributed by atoms with Crippen molar-refractivity contribution in [1.29, 1.82) is 0 Å². The molecule has 136 valence electrons. The molecule has 0 spiro atoms. The number of benzene rings is 2. The standard InChI is InChI=1S/C20H22N2O4/c1-13-4-7-18(14(2)10-13)26-12-19-21-16-11-15(20(23)24)5-6-17(16)22(19)8-9-25-3/h4-7,10-11H,8-9,12H2,1-3H3,(H,23,24). The van der Waals surface area contributed by atoms with Crippen LogP contribution in [0.5, 0.6) is 5.75 Å². The van der Waals surface area contributed by atoms with Crippen LogP contribution in [0.25, 0.3) is 11.0 Å². The molecule has 3 aromatic rings. The maximum absolute atomic E-state index is 11.2. The number of methoxy groups -OCH3 is 1. The van der Waals surface area contributed by atoms with E-state index in [0.717, 1.165) is 22.7 Å². The lowest BCUT2D eigenvalue weighted by atomic mass is 10.1. The van der Waals surface area contributed by atoms with Crippen molar-refractivity contribution in [3.05, 3.63) is 58.9 Å². The van der Waals surface area contributed by atoms with E-state index in [1.54, 1.807) is 25.3 Å². The molecule has 0 saturated carbocycles. The normalized spacial score (nSPS) is 11.0. The third-order valence-electron chi connectivity index (χ3n) is 4.28. The van der Waals surface area contributed by atoms with E-state index in [0.29, 0.717) is 25.3 Å². The lowest BCUT2D eigenvalue weighted by Gasteiger charge is -2.12. The molecule has 0 amide bonds. The van der Waals surface area contributed by atoms with Crippen molar-refractivity contribution in [1.82, 2.24) is 9.55 Å². The fourth-order valence-electron chi connectivity index (χ4n) is 2.96. The number of aromatic carboxylic acids is 1. The van der Waals surface area contributed by atoms with Crippen LogP contribution in [0.1, 0.15) is 27.3 Å². The summed E-state index contributed by atoms with van der Waals surface area (Å²) in [6.45, 7) is 5.49. The van der Waals surface area contributed by atoms with Crippen LogP contribution in [-0.4, -0.2) is 34.3 Å². The van der Waals surface area contributed by atoms with Crippen molar-refractivity contribution in [2.24, 2.45) is 0 Å². The first kappa shape index (κ1) is 17.9. The first-order valence-electron chi connectivity index (χ1n) is 8.41. The molecule has 0 atom stereocenters. The van der Waals surface area contributed by atoms with Crippen molar-refractivity contribution in [3.63, 3.8) is 0 Å². The molecule has 0 aliphatic heterocycles. The Morgan fingerprint density at radius 3 is 2.69 bits per heavy atom. The largest absolute Gasteiger partial charge is 0.485 e. The maximum Gasteiger partial charge on any atom is 0.335 e. The molecule has 0 saturated heterocycles. The Balaban J connectivity index is 1.93. The summed E-state index contributed by atoms with van der Waals surface area (Å²) in [6.07, 6.45) is 0. The summed E-state index contributed by atoms with van der Waals surface area (Å²) in [7, 11) is 1.65. The lowest BCUT2D eigenvalue weighted by Crippen LogP contribution is -2.11. The smallest absolute Gasteiger partial charge is 0.335 e. The minimum Gasteiger partial charge on any atom is -0.485 e. The average Bonchev–Trinajstić information content (AvgIpc) is 2.95. The molecule has 0 unspecified atom stereocenters. The number of imidazole rings is 1. The minimum atomic E-state index is -0.966. The van der Waals surface area contributed by atoms with Crippen molar-refractivity contribution in [3.8, 4) is 5.75 Å². The van der Waals surface area contributed by atoms with Crippen LogP contribution < -0.4 is 4.74 Å². The van der Waals surface area contributed by atoms with Gasteiger partial charge in [-0.3, -0.25) is 0 Å². The van der Waals surface area contributed by atoms with Gasteiger partial charge in [-0.25, -0.2) is 9.78 Å². The highest BCUT2D eigenvalue weighted by atomic mass is 16.5. The second-order valence-electron chi connectivity index (χ2n) is 6.24. The number of nitrogens with zero attached hydrogens (tertiary/aromatic N) is 2. The number of ether oxygens (including phenoxy) is 2. The summed E-state index contributed by atoms with van der Waals surface area (Å²) in [5.74, 6) is 0.582. The molecular formula is C20H22N2O4. The fraction of sp³-hybridized carbons (Fsp3) is 0.300. The number of carboxylic acid groups (broad SMARTS) is 1. The number of carbonyl (C=O) groups is 1. The number of hydrogen-bond acceptors (Lipinski definition) is 4. The summed E-state index contributed by atoms with van der Waals surface area (Å²) in [6, 6.07) is 11.0. The van der Waals surface area contributed by atoms with Gasteiger partial charge in [0.25, 0.3) is 0 Å². The molecule has 1 aromatic heterocycles. The van der Waals surface area contributed by atoms with Gasteiger partial charge in [0.1, 0.15) is 18.2 Å². The van der Waals surface area contributed by atoms with Crippen molar-refractivity contribution in [2.45, 2.75) is 27.0 Å². The van der Waals surface area contributed by atoms with Gasteiger partial charge in [-0.1, -0.05) is 17.7 Å². The molecule has 6 nitrogen and oxygen atoms in total. The summed E-state index contributed by atoms with van der Waals surface area (Å²) in [5, 5.41) is 9.19. The quantitative estimate of drug-likeness (QED) is 0.702. The molecule has 2 aromatic carbocycles. The second-order valence-corrected chi connectivity index (χ2v) is 6.24. The predicted molar refractivity (Wildman–Crippen MR) is 98.8 cm³/mol. The molecule has 26 heavy (non-hydrogen) atoms. The summed E-state index contributed by atoms with van der Waals surface area (Å²) >= 11 is 0. The summed E-state index contributed by atoms with van der Waals surface area (Å²) in [4.78, 5) is 15.8. The number of carboxylic acids is 1. The van der Waals surface area contributed by atoms with Crippen LogP contribution in [0.2, 0.25) is 0 Å². The number of aryl methyl sites for hydroxylation is 2. The van der Waals surface area contributed by atoms with Crippen LogP contribution in [0.4, 0.5) is 0 Å². The molecular weight excluding hydrogens is 332 g/mol. The monoisotopic (exact) mass is 354 g/mol. The Morgan fingerprint density at radius 2 is 2.00 bits per heavy atom. The van der Waals surface area contributed by atoms with Gasteiger partial charge in [0.2, 0.25) is 0 Å². The van der Waals surface area contributed by atoms with Crippen LogP contribution in [-0.2, 0) is 17.9 Å². The van der Waals surface area contributed by atoms with Gasteiger partial charge in [-0.15, -0.1) is 0 Å². The molecule has 0 fully saturated rings. The van der Waals surface area contributed by atoms with Gasteiger partial charge in [0.15, 0.2) is 0 Å². The number of fused-ring (bicyclic) bond motifs is 1. The first-order chi connectivity index (χ1) is 12.5. The van der Waals surface area contributed by atoms with Gasteiger partial charge in [-0.2, -0.15) is 0 Å². The van der Waals surface area contributed by atoms with Crippen molar-refractivity contribution < 1.29 is 19.4 Å². The van der Waals surface area contributed by atoms with E-state index < -0.39 is 5.97 Å². The Morgan fingerprint density at radius 1 is 1.19 bits per heavy atom. The Labute approximate surface area is 152 Å². The van der Waals surface area contributed by atoms with Crippen molar-refractivity contribution in [2.75, 3.05) is 13.7 Å². The molecule has 6 heteroatoms. The highest BCUT2D eigenvalue weighted by Gasteiger charge is 2.14. The third-order valence-corrected chi connectivity index (χ3v) is 4.28. The molecule has 0 radical (unpaired) electrons. The number of rotatable bonds is 7. The molecule has 1 heterocycles. The van der Waals surface area contributed by atoms with Gasteiger partial charge in [-0.05, 0) is 43.7 Å². The van der Waals surface area contributed by atoms with Crippen LogP contribution in [0.3, 0.4) is 0 Å². The zero-order valence-corrected chi connectivity index (χ0v) is 15.2. The Hall–Kier alpha value is -2.86. The summed E-state index contributed by atoms with van der Waals surface area (Å²) < 4.78 is 13.2. The van der Waals surface area contributed by atoms with Gasteiger partial charge in [0.05, 0.1) is 23.2 Å². The highest BCUT2D eigenvalue weighted by molar-refractivity contribution is 5.92. The molecule has 1 N–H and O–H groups in total. The van der Waals surface area contributed by atoms with E-state index in [1.165, 1.54) is 5.56 Å². The highest BCUT2D eigenvalue weighted by Crippen LogP contribution is 2.22. The third kappa shape index (κ3) is 3.70. The van der Waals surface area contributed by atoms with E-state index in [2.05, 4.69) is 11.1 Å². The van der Waals surface area contributed by atoms with Gasteiger partial charge < -0.3 is 19.1 Å². The zero-order chi connectivity index (χ0) is 18.7. The Bertz CT molecular complexity index is 946. The molecule has 0 bridgehead atoms. The lowest BCUT2D eigenvalue weighted by molar-refractivity contribution is 0.0697. The zero-order valence-electron chi connectivity index (χ0n) is 15.2. The first-order valence-corrected chi connectivity index (χ1v) is 8.41. The molecule has 0 aliphatic rings. The second kappa shape index (κ2) is 7.58. The minimum absolute atomic E-state index is 0.218. The van der Waals surface area contributed by atoms with E-state index >= 15 is 0 Å².